The molecule has 6 nitrogen and oxygen atoms in total. The summed E-state index contributed by atoms with van der Waals surface area (Å²) in [6.07, 6.45) is 5.31. The molecule has 0 amide bonds. The normalized spacial score (nSPS) is 17.4. The van der Waals surface area contributed by atoms with E-state index in [-0.39, 0.29) is 11.7 Å². The maximum Gasteiger partial charge on any atom is 0.329 e. The number of imidazole rings is 1. The third kappa shape index (κ3) is 1.93. The fraction of sp³-hybridized carbons (Fsp3) is 0.545. The lowest BCUT2D eigenvalue weighted by Crippen LogP contribution is -2.27. The Morgan fingerprint density at radius 2 is 2.28 bits per heavy atom. The highest BCUT2D eigenvalue weighted by molar-refractivity contribution is 7.98. The van der Waals surface area contributed by atoms with E-state index in [2.05, 4.69) is 15.0 Å². The van der Waals surface area contributed by atoms with E-state index in [1.165, 1.54) is 11.8 Å². The number of H-pyrrole nitrogens is 1. The molecule has 3 heterocycles. The van der Waals surface area contributed by atoms with Gasteiger partial charge in [0.05, 0.1) is 6.20 Å². The van der Waals surface area contributed by atoms with E-state index in [1.54, 1.807) is 10.8 Å². The van der Waals surface area contributed by atoms with Gasteiger partial charge in [-0.25, -0.2) is 14.8 Å². The predicted molar refractivity (Wildman–Crippen MR) is 69.0 cm³/mol. The second-order valence-electron chi connectivity index (χ2n) is 4.23. The van der Waals surface area contributed by atoms with Gasteiger partial charge in [-0.05, 0) is 19.1 Å². The van der Waals surface area contributed by atoms with Crippen molar-refractivity contribution in [3.8, 4) is 0 Å². The number of hydrogen-bond donors (Lipinski definition) is 1. The summed E-state index contributed by atoms with van der Waals surface area (Å²) in [6, 6.07) is 0.159. The van der Waals surface area contributed by atoms with Crippen LogP contribution in [0.15, 0.2) is 16.0 Å². The molecule has 7 heteroatoms. The van der Waals surface area contributed by atoms with Crippen LogP contribution in [0.25, 0.3) is 11.3 Å². The average Bonchev–Trinajstić information content (AvgIpc) is 2.74. The molecule has 0 aromatic carbocycles. The quantitative estimate of drug-likeness (QED) is 0.827. The molecule has 0 aliphatic carbocycles. The second-order valence-corrected chi connectivity index (χ2v) is 5.05. The Morgan fingerprint density at radius 3 is 3.00 bits per heavy atom. The Labute approximate surface area is 108 Å². The molecular weight excluding hydrogens is 252 g/mol. The highest BCUT2D eigenvalue weighted by Crippen LogP contribution is 2.23. The predicted octanol–water partition coefficient (Wildman–Crippen LogP) is 1.19. The molecule has 0 unspecified atom stereocenters. The molecule has 0 spiro atoms. The molecule has 2 aromatic rings. The summed E-state index contributed by atoms with van der Waals surface area (Å²) >= 11 is 1.52. The molecule has 3 rings (SSSR count). The Balaban J connectivity index is 2.13. The van der Waals surface area contributed by atoms with E-state index in [4.69, 9.17) is 4.74 Å². The molecule has 0 atom stereocenters. The van der Waals surface area contributed by atoms with Crippen molar-refractivity contribution in [2.75, 3.05) is 19.5 Å². The molecule has 2 aromatic heterocycles. The number of aromatic nitrogens is 4. The van der Waals surface area contributed by atoms with Gasteiger partial charge in [0.1, 0.15) is 5.03 Å². The number of thioether (sulfide) groups is 1. The van der Waals surface area contributed by atoms with Gasteiger partial charge in [-0.2, -0.15) is 0 Å². The zero-order valence-corrected chi connectivity index (χ0v) is 10.9. The van der Waals surface area contributed by atoms with Crippen molar-refractivity contribution in [2.24, 2.45) is 0 Å². The SMILES string of the molecule is CSc1cnc2[nH]c(=O)n(C3CCOCC3)c2n1. The van der Waals surface area contributed by atoms with E-state index in [1.807, 2.05) is 6.26 Å². The summed E-state index contributed by atoms with van der Waals surface area (Å²) in [6.45, 7) is 1.39. The molecule has 1 saturated heterocycles. The Hall–Kier alpha value is -1.34. The number of aromatic amines is 1. The molecule has 1 aliphatic rings. The largest absolute Gasteiger partial charge is 0.381 e. The molecular formula is C11H14N4O2S. The van der Waals surface area contributed by atoms with Gasteiger partial charge in [0, 0.05) is 19.3 Å². The molecule has 0 radical (unpaired) electrons. The first kappa shape index (κ1) is 11.7. The first-order valence-electron chi connectivity index (χ1n) is 5.88. The summed E-state index contributed by atoms with van der Waals surface area (Å²) in [5, 5.41) is 0.822. The van der Waals surface area contributed by atoms with Gasteiger partial charge >= 0.3 is 5.69 Å². The second kappa shape index (κ2) is 4.74. The van der Waals surface area contributed by atoms with Gasteiger partial charge < -0.3 is 4.74 Å². The van der Waals surface area contributed by atoms with Crippen molar-refractivity contribution in [1.82, 2.24) is 19.5 Å². The van der Waals surface area contributed by atoms with Gasteiger partial charge in [-0.1, -0.05) is 0 Å². The highest BCUT2D eigenvalue weighted by atomic mass is 32.2. The minimum Gasteiger partial charge on any atom is -0.381 e. The highest BCUT2D eigenvalue weighted by Gasteiger charge is 2.21. The Kier molecular flexibility index (Phi) is 3.09. The van der Waals surface area contributed by atoms with Crippen LogP contribution in [0, 0.1) is 0 Å². The van der Waals surface area contributed by atoms with Crippen LogP contribution in [-0.4, -0.2) is 39.0 Å². The van der Waals surface area contributed by atoms with Crippen LogP contribution in [-0.2, 0) is 4.74 Å². The molecule has 1 aliphatic heterocycles. The van der Waals surface area contributed by atoms with Crippen molar-refractivity contribution in [2.45, 2.75) is 23.9 Å². The van der Waals surface area contributed by atoms with E-state index in [9.17, 15) is 4.79 Å². The zero-order chi connectivity index (χ0) is 12.5. The molecule has 18 heavy (non-hydrogen) atoms. The maximum atomic E-state index is 12.0. The smallest absolute Gasteiger partial charge is 0.329 e. The third-order valence-electron chi connectivity index (χ3n) is 3.17. The first-order chi connectivity index (χ1) is 8.79. The summed E-state index contributed by atoms with van der Waals surface area (Å²) in [5.74, 6) is 0. The van der Waals surface area contributed by atoms with Gasteiger partial charge in [0.2, 0.25) is 0 Å². The number of ether oxygens (including phenoxy) is 1. The van der Waals surface area contributed by atoms with Crippen LogP contribution in [0.2, 0.25) is 0 Å². The van der Waals surface area contributed by atoms with Crippen LogP contribution in [0.5, 0.6) is 0 Å². The molecule has 96 valence electrons. The van der Waals surface area contributed by atoms with Gasteiger partial charge in [-0.15, -0.1) is 11.8 Å². The van der Waals surface area contributed by atoms with Crippen LogP contribution in [0.1, 0.15) is 18.9 Å². The van der Waals surface area contributed by atoms with Crippen molar-refractivity contribution in [3.63, 3.8) is 0 Å². The van der Waals surface area contributed by atoms with Crippen molar-refractivity contribution >= 4 is 23.1 Å². The Morgan fingerprint density at radius 1 is 1.50 bits per heavy atom. The van der Waals surface area contributed by atoms with Crippen molar-refractivity contribution in [1.29, 1.82) is 0 Å². The average molecular weight is 266 g/mol. The minimum atomic E-state index is -0.129. The lowest BCUT2D eigenvalue weighted by Gasteiger charge is -2.22. The number of rotatable bonds is 2. The number of fused-ring (bicyclic) bond motifs is 1. The number of nitrogens with one attached hydrogen (secondary N) is 1. The summed E-state index contributed by atoms with van der Waals surface area (Å²) in [7, 11) is 0. The maximum absolute atomic E-state index is 12.0. The van der Waals surface area contributed by atoms with Crippen molar-refractivity contribution < 1.29 is 4.74 Å². The lowest BCUT2D eigenvalue weighted by atomic mass is 10.1. The lowest BCUT2D eigenvalue weighted by molar-refractivity contribution is 0.0696. The third-order valence-corrected chi connectivity index (χ3v) is 3.78. The fourth-order valence-corrected chi connectivity index (χ4v) is 2.59. The van der Waals surface area contributed by atoms with E-state index < -0.39 is 0 Å². The van der Waals surface area contributed by atoms with E-state index in [0.717, 1.165) is 17.9 Å². The summed E-state index contributed by atoms with van der Waals surface area (Å²) in [5.41, 5.74) is 1.08. The van der Waals surface area contributed by atoms with E-state index >= 15 is 0 Å². The summed E-state index contributed by atoms with van der Waals surface area (Å²) in [4.78, 5) is 23.5. The van der Waals surface area contributed by atoms with Gasteiger partial charge in [-0.3, -0.25) is 9.55 Å². The zero-order valence-electron chi connectivity index (χ0n) is 10.0. The van der Waals surface area contributed by atoms with Crippen molar-refractivity contribution in [3.05, 3.63) is 16.7 Å². The molecule has 0 bridgehead atoms. The fourth-order valence-electron chi connectivity index (χ4n) is 2.26. The van der Waals surface area contributed by atoms with Crippen LogP contribution >= 0.6 is 11.8 Å². The standard InChI is InChI=1S/C11H14N4O2S/c1-18-8-6-12-9-10(13-8)15(11(16)14-9)7-2-4-17-5-3-7/h6-7H,2-5H2,1H3,(H,12,14,16). The van der Waals surface area contributed by atoms with Gasteiger partial charge in [0.25, 0.3) is 0 Å². The van der Waals surface area contributed by atoms with E-state index in [0.29, 0.717) is 24.5 Å². The number of nitrogens with zero attached hydrogens (tertiary/aromatic N) is 3. The number of hydrogen-bond acceptors (Lipinski definition) is 5. The molecule has 1 N–H and O–H groups in total. The van der Waals surface area contributed by atoms with Gasteiger partial charge in [0.15, 0.2) is 11.3 Å². The topological polar surface area (TPSA) is 72.8 Å². The monoisotopic (exact) mass is 266 g/mol. The van der Waals surface area contributed by atoms with Crippen LogP contribution in [0.3, 0.4) is 0 Å². The summed E-state index contributed by atoms with van der Waals surface area (Å²) < 4.78 is 7.06. The molecule has 1 fully saturated rings. The minimum absolute atomic E-state index is 0.129. The molecule has 0 saturated carbocycles. The van der Waals surface area contributed by atoms with Crippen LogP contribution in [0.4, 0.5) is 0 Å². The first-order valence-corrected chi connectivity index (χ1v) is 7.11. The van der Waals surface area contributed by atoms with Crippen LogP contribution < -0.4 is 5.69 Å². The Bertz CT molecular complexity index is 615.